The zero-order valence-corrected chi connectivity index (χ0v) is 13.3. The predicted molar refractivity (Wildman–Crippen MR) is 80.3 cm³/mol. The first-order valence-corrected chi connectivity index (χ1v) is 7.09. The molecule has 0 aliphatic carbocycles. The van der Waals surface area contributed by atoms with E-state index in [4.69, 9.17) is 4.52 Å². The number of rotatable bonds is 5. The number of nitrogens with one attached hydrogen (secondary N) is 1. The van der Waals surface area contributed by atoms with Crippen LogP contribution in [0.2, 0.25) is 0 Å². The van der Waals surface area contributed by atoms with Gasteiger partial charge in [0.25, 0.3) is 0 Å². The fourth-order valence-corrected chi connectivity index (χ4v) is 2.26. The lowest BCUT2D eigenvalue weighted by Gasteiger charge is -2.16. The number of carbonyl (C=O) groups excluding carboxylic acids is 1. The van der Waals surface area contributed by atoms with E-state index < -0.39 is 0 Å². The number of benzene rings is 1. The normalized spacial score (nSPS) is 10.9. The number of hydrogen-bond donors (Lipinski definition) is 1. The third kappa shape index (κ3) is 4.64. The fraction of sp³-hybridized carbons (Fsp3) is 0.286. The molecule has 1 aromatic carbocycles. The van der Waals surface area contributed by atoms with Gasteiger partial charge in [-0.3, -0.25) is 15.0 Å². The summed E-state index contributed by atoms with van der Waals surface area (Å²) in [5, 5.41) is 6.27. The van der Waals surface area contributed by atoms with Crippen molar-refractivity contribution in [2.24, 2.45) is 0 Å². The molecule has 5 nitrogen and oxygen atoms in total. The summed E-state index contributed by atoms with van der Waals surface area (Å²) in [6.45, 7) is 2.21. The molecular weight excluding hydrogens is 341 g/mol. The molecule has 21 heavy (non-hydrogen) atoms. The van der Waals surface area contributed by atoms with Crippen molar-refractivity contribution in [3.05, 3.63) is 45.8 Å². The topological polar surface area (TPSA) is 58.4 Å². The van der Waals surface area contributed by atoms with E-state index in [-0.39, 0.29) is 18.3 Å². The summed E-state index contributed by atoms with van der Waals surface area (Å²) in [4.78, 5) is 13.5. The Labute approximate surface area is 130 Å². The quantitative estimate of drug-likeness (QED) is 0.895. The number of hydrogen-bond acceptors (Lipinski definition) is 4. The lowest BCUT2D eigenvalue weighted by Crippen LogP contribution is -2.30. The Morgan fingerprint density at radius 3 is 2.90 bits per heavy atom. The van der Waals surface area contributed by atoms with Crippen molar-refractivity contribution in [3.63, 3.8) is 0 Å². The van der Waals surface area contributed by atoms with Crippen LogP contribution < -0.4 is 5.32 Å². The summed E-state index contributed by atoms with van der Waals surface area (Å²) < 4.78 is 19.3. The molecule has 1 N–H and O–H groups in total. The molecule has 0 saturated heterocycles. The second-order valence-corrected chi connectivity index (χ2v) is 5.70. The van der Waals surface area contributed by atoms with E-state index in [1.54, 1.807) is 37.1 Å². The van der Waals surface area contributed by atoms with Gasteiger partial charge in [-0.25, -0.2) is 4.39 Å². The van der Waals surface area contributed by atoms with Crippen LogP contribution in [0.25, 0.3) is 0 Å². The van der Waals surface area contributed by atoms with Crippen LogP contribution in [0.1, 0.15) is 11.3 Å². The third-order valence-electron chi connectivity index (χ3n) is 2.75. The maximum atomic E-state index is 13.6. The van der Waals surface area contributed by atoms with Gasteiger partial charge in [0.2, 0.25) is 11.8 Å². The van der Waals surface area contributed by atoms with E-state index in [1.807, 2.05) is 0 Å². The SMILES string of the molecule is Cc1cc(NC(=O)CN(C)Cc2cc(Br)ccc2F)on1. The van der Waals surface area contributed by atoms with Gasteiger partial charge in [0.05, 0.1) is 12.2 Å². The Morgan fingerprint density at radius 1 is 1.48 bits per heavy atom. The van der Waals surface area contributed by atoms with Crippen LogP contribution >= 0.6 is 15.9 Å². The Bertz CT molecular complexity index is 645. The Balaban J connectivity index is 1.90. The summed E-state index contributed by atoms with van der Waals surface area (Å²) in [5.41, 5.74) is 1.21. The number of anilines is 1. The Kier molecular flexibility index (Phi) is 5.08. The molecule has 0 aliphatic heterocycles. The van der Waals surface area contributed by atoms with E-state index in [9.17, 15) is 9.18 Å². The highest BCUT2D eigenvalue weighted by Crippen LogP contribution is 2.17. The molecule has 112 valence electrons. The van der Waals surface area contributed by atoms with Gasteiger partial charge in [-0.05, 0) is 32.2 Å². The van der Waals surface area contributed by atoms with Crippen molar-refractivity contribution in [2.45, 2.75) is 13.5 Å². The minimum absolute atomic E-state index is 0.117. The third-order valence-corrected chi connectivity index (χ3v) is 3.25. The van der Waals surface area contributed by atoms with Gasteiger partial charge in [-0.2, -0.15) is 0 Å². The van der Waals surface area contributed by atoms with Gasteiger partial charge in [-0.1, -0.05) is 21.1 Å². The van der Waals surface area contributed by atoms with Crippen LogP contribution in [0.3, 0.4) is 0 Å². The number of nitrogens with zero attached hydrogens (tertiary/aromatic N) is 2. The van der Waals surface area contributed by atoms with Gasteiger partial charge in [-0.15, -0.1) is 0 Å². The molecule has 1 amide bonds. The van der Waals surface area contributed by atoms with Gasteiger partial charge in [0.1, 0.15) is 5.82 Å². The monoisotopic (exact) mass is 355 g/mol. The summed E-state index contributed by atoms with van der Waals surface area (Å²) in [6, 6.07) is 6.36. The van der Waals surface area contributed by atoms with Crippen LogP contribution in [0, 0.1) is 12.7 Å². The standard InChI is InChI=1S/C14H15BrFN3O2/c1-9-5-14(21-18-9)17-13(20)8-19(2)7-10-6-11(15)3-4-12(10)16/h3-6H,7-8H2,1-2H3,(H,17,20). The van der Waals surface area contributed by atoms with Gasteiger partial charge >= 0.3 is 0 Å². The molecule has 0 aliphatic rings. The molecule has 1 aromatic heterocycles. The van der Waals surface area contributed by atoms with Crippen LogP contribution in [-0.4, -0.2) is 29.6 Å². The van der Waals surface area contributed by atoms with Crippen molar-refractivity contribution < 1.29 is 13.7 Å². The lowest BCUT2D eigenvalue weighted by atomic mass is 10.2. The maximum Gasteiger partial charge on any atom is 0.240 e. The zero-order chi connectivity index (χ0) is 15.4. The molecule has 1 heterocycles. The molecule has 0 fully saturated rings. The van der Waals surface area contributed by atoms with Crippen molar-refractivity contribution in [1.29, 1.82) is 0 Å². The van der Waals surface area contributed by atoms with Crippen molar-refractivity contribution in [1.82, 2.24) is 10.1 Å². The number of halogens is 2. The smallest absolute Gasteiger partial charge is 0.240 e. The maximum absolute atomic E-state index is 13.6. The van der Waals surface area contributed by atoms with Crippen LogP contribution in [-0.2, 0) is 11.3 Å². The average molecular weight is 356 g/mol. The van der Waals surface area contributed by atoms with E-state index in [0.717, 1.165) is 4.47 Å². The molecule has 0 atom stereocenters. The lowest BCUT2D eigenvalue weighted by molar-refractivity contribution is -0.117. The van der Waals surface area contributed by atoms with E-state index >= 15 is 0 Å². The fourth-order valence-electron chi connectivity index (χ4n) is 1.86. The number of carbonyl (C=O) groups is 1. The van der Waals surface area contributed by atoms with Crippen molar-refractivity contribution >= 4 is 27.7 Å². The van der Waals surface area contributed by atoms with Crippen LogP contribution in [0.4, 0.5) is 10.3 Å². The van der Waals surface area contributed by atoms with Gasteiger partial charge < -0.3 is 4.52 Å². The molecule has 0 bridgehead atoms. The summed E-state index contributed by atoms with van der Waals surface area (Å²) in [6.07, 6.45) is 0. The molecule has 0 radical (unpaired) electrons. The summed E-state index contributed by atoms with van der Waals surface area (Å²) in [5.74, 6) is -0.236. The zero-order valence-electron chi connectivity index (χ0n) is 11.7. The molecule has 2 aromatic rings. The first-order chi connectivity index (χ1) is 9.94. The number of aromatic nitrogens is 1. The average Bonchev–Trinajstić information content (AvgIpc) is 2.79. The van der Waals surface area contributed by atoms with Crippen LogP contribution in [0.5, 0.6) is 0 Å². The minimum Gasteiger partial charge on any atom is -0.338 e. The Morgan fingerprint density at radius 2 is 2.24 bits per heavy atom. The molecule has 0 spiro atoms. The second-order valence-electron chi connectivity index (χ2n) is 4.79. The highest BCUT2D eigenvalue weighted by Gasteiger charge is 2.12. The summed E-state index contributed by atoms with van der Waals surface area (Å²) >= 11 is 3.30. The largest absolute Gasteiger partial charge is 0.338 e. The molecule has 7 heteroatoms. The van der Waals surface area contributed by atoms with Gasteiger partial charge in [0.15, 0.2) is 0 Å². The first-order valence-electron chi connectivity index (χ1n) is 6.29. The number of amides is 1. The Hall–Kier alpha value is -1.73. The highest BCUT2D eigenvalue weighted by atomic mass is 79.9. The minimum atomic E-state index is -0.295. The van der Waals surface area contributed by atoms with Crippen molar-refractivity contribution in [2.75, 3.05) is 18.9 Å². The summed E-state index contributed by atoms with van der Waals surface area (Å²) in [7, 11) is 1.74. The molecule has 0 unspecified atom stereocenters. The van der Waals surface area contributed by atoms with E-state index in [2.05, 4.69) is 26.4 Å². The van der Waals surface area contributed by atoms with E-state index in [1.165, 1.54) is 6.07 Å². The highest BCUT2D eigenvalue weighted by molar-refractivity contribution is 9.10. The first kappa shape index (κ1) is 15.7. The van der Waals surface area contributed by atoms with E-state index in [0.29, 0.717) is 23.7 Å². The van der Waals surface area contributed by atoms with Crippen molar-refractivity contribution in [3.8, 4) is 0 Å². The number of likely N-dealkylation sites (N-methyl/N-ethyl adjacent to an activating group) is 1. The molecule has 0 saturated carbocycles. The molecule has 2 rings (SSSR count). The van der Waals surface area contributed by atoms with Crippen LogP contribution in [0.15, 0.2) is 33.3 Å². The molecular formula is C14H15BrFN3O2. The van der Waals surface area contributed by atoms with Gasteiger partial charge in [0, 0.05) is 22.6 Å². The predicted octanol–water partition coefficient (Wildman–Crippen LogP) is 2.96. The number of aryl methyl sites for hydroxylation is 1. The second kappa shape index (κ2) is 6.82.